The summed E-state index contributed by atoms with van der Waals surface area (Å²) >= 11 is 0. The number of ether oxygens (including phenoxy) is 3. The first-order chi connectivity index (χ1) is 15.5. The highest BCUT2D eigenvalue weighted by molar-refractivity contribution is 6.01. The molecule has 2 aromatic carbocycles. The van der Waals surface area contributed by atoms with Crippen molar-refractivity contribution < 1.29 is 19.0 Å². The molecule has 0 saturated carbocycles. The van der Waals surface area contributed by atoms with Crippen molar-refractivity contribution in [3.63, 3.8) is 0 Å². The highest BCUT2D eigenvalue weighted by Crippen LogP contribution is 2.36. The molecule has 0 bridgehead atoms. The number of pyridine rings is 1. The average molecular weight is 436 g/mol. The van der Waals surface area contributed by atoms with Gasteiger partial charge in [-0.25, -0.2) is 4.98 Å². The van der Waals surface area contributed by atoms with E-state index in [1.54, 1.807) is 27.4 Å². The van der Waals surface area contributed by atoms with Crippen LogP contribution in [-0.2, 0) is 0 Å². The lowest BCUT2D eigenvalue weighted by atomic mass is 10.00. The van der Waals surface area contributed by atoms with Gasteiger partial charge in [0.2, 0.25) is 0 Å². The Bertz CT molecular complexity index is 1130. The van der Waals surface area contributed by atoms with E-state index in [-0.39, 0.29) is 5.91 Å². The van der Waals surface area contributed by atoms with Crippen LogP contribution >= 0.6 is 0 Å². The van der Waals surface area contributed by atoms with E-state index < -0.39 is 0 Å². The van der Waals surface area contributed by atoms with Crippen LogP contribution in [-0.4, -0.2) is 50.2 Å². The van der Waals surface area contributed by atoms with Gasteiger partial charge in [0.25, 0.3) is 5.91 Å². The number of nitrogens with zero attached hydrogens (tertiary/aromatic N) is 2. The van der Waals surface area contributed by atoms with Crippen LogP contribution < -0.4 is 19.5 Å². The van der Waals surface area contributed by atoms with E-state index in [0.29, 0.717) is 28.6 Å². The number of amides is 1. The minimum Gasteiger partial charge on any atom is -0.497 e. The Morgan fingerprint density at radius 1 is 1.06 bits per heavy atom. The maximum atomic E-state index is 13.3. The van der Waals surface area contributed by atoms with Gasteiger partial charge in [0.05, 0.1) is 32.5 Å². The van der Waals surface area contributed by atoms with Crippen LogP contribution in [0.4, 0.5) is 11.4 Å². The number of likely N-dealkylation sites (tertiary alicyclic amines) is 1. The summed E-state index contributed by atoms with van der Waals surface area (Å²) in [6.45, 7) is 3.69. The molecular weight excluding hydrogens is 406 g/mol. The molecule has 3 aromatic rings. The molecular formula is C25H29N3O4. The number of hydrogen-bond donors (Lipinski definition) is 1. The molecule has 4 rings (SSSR count). The number of benzene rings is 2. The molecule has 1 aliphatic heterocycles. The van der Waals surface area contributed by atoms with E-state index in [1.165, 1.54) is 0 Å². The fraction of sp³-hybridized carbons (Fsp3) is 0.360. The molecule has 1 atom stereocenters. The molecule has 168 valence electrons. The highest BCUT2D eigenvalue weighted by Gasteiger charge is 2.24. The van der Waals surface area contributed by atoms with Gasteiger partial charge in [-0.15, -0.1) is 0 Å². The number of nitrogens with one attached hydrogen (secondary N) is 1. The average Bonchev–Trinajstić information content (AvgIpc) is 2.82. The Morgan fingerprint density at radius 2 is 1.84 bits per heavy atom. The zero-order valence-corrected chi connectivity index (χ0v) is 19.0. The molecule has 1 aromatic heterocycles. The predicted octanol–water partition coefficient (Wildman–Crippen LogP) is 4.88. The number of piperidine rings is 1. The normalized spacial score (nSPS) is 16.0. The summed E-state index contributed by atoms with van der Waals surface area (Å²) in [5, 5.41) is 4.26. The second kappa shape index (κ2) is 9.34. The minimum atomic E-state index is -0.0538. The van der Waals surface area contributed by atoms with Crippen LogP contribution in [0.25, 0.3) is 10.9 Å². The van der Waals surface area contributed by atoms with E-state index in [9.17, 15) is 4.79 Å². The summed E-state index contributed by atoms with van der Waals surface area (Å²) in [7, 11) is 4.82. The summed E-state index contributed by atoms with van der Waals surface area (Å²) in [4.78, 5) is 19.9. The van der Waals surface area contributed by atoms with Gasteiger partial charge in [-0.05, 0) is 43.0 Å². The highest BCUT2D eigenvalue weighted by atomic mass is 16.5. The molecule has 0 spiro atoms. The van der Waals surface area contributed by atoms with Gasteiger partial charge >= 0.3 is 0 Å². The lowest BCUT2D eigenvalue weighted by Crippen LogP contribution is -2.39. The van der Waals surface area contributed by atoms with Crippen LogP contribution in [0.2, 0.25) is 0 Å². The van der Waals surface area contributed by atoms with Gasteiger partial charge in [-0.2, -0.15) is 0 Å². The zero-order chi connectivity index (χ0) is 22.7. The first-order valence-electron chi connectivity index (χ1n) is 10.8. The molecule has 1 aliphatic rings. The van der Waals surface area contributed by atoms with E-state index in [2.05, 4.69) is 12.2 Å². The van der Waals surface area contributed by atoms with Crippen LogP contribution in [0.1, 0.15) is 30.3 Å². The third kappa shape index (κ3) is 4.42. The van der Waals surface area contributed by atoms with Gasteiger partial charge in [-0.1, -0.05) is 13.0 Å². The smallest absolute Gasteiger partial charge is 0.272 e. The number of hydrogen-bond acceptors (Lipinski definition) is 6. The molecule has 1 saturated heterocycles. The molecule has 0 unspecified atom stereocenters. The quantitative estimate of drug-likeness (QED) is 0.595. The Hall–Kier alpha value is -3.48. The Balaban J connectivity index is 1.81. The SMILES string of the molecule is COc1cccc(Nc2cc(C(=O)N3CCC[C@@H](C)C3)nc3cc(OC)c(OC)cc23)c1. The van der Waals surface area contributed by atoms with Gasteiger partial charge in [0.15, 0.2) is 11.5 Å². The lowest BCUT2D eigenvalue weighted by Gasteiger charge is -2.30. The topological polar surface area (TPSA) is 72.9 Å². The Labute approximate surface area is 188 Å². The Morgan fingerprint density at radius 3 is 2.56 bits per heavy atom. The molecule has 1 N–H and O–H groups in total. The first kappa shape index (κ1) is 21.7. The number of methoxy groups -OCH3 is 3. The summed E-state index contributed by atoms with van der Waals surface area (Å²) in [6, 6.07) is 13.1. The summed E-state index contributed by atoms with van der Waals surface area (Å²) < 4.78 is 16.3. The predicted molar refractivity (Wildman–Crippen MR) is 125 cm³/mol. The molecule has 1 fully saturated rings. The van der Waals surface area contributed by atoms with Gasteiger partial charge in [0, 0.05) is 36.3 Å². The molecule has 2 heterocycles. The third-order valence-electron chi connectivity index (χ3n) is 5.83. The molecule has 1 amide bonds. The summed E-state index contributed by atoms with van der Waals surface area (Å²) in [5.41, 5.74) is 2.67. The number of carbonyl (C=O) groups excluding carboxylic acids is 1. The van der Waals surface area contributed by atoms with E-state index >= 15 is 0 Å². The van der Waals surface area contributed by atoms with Crippen molar-refractivity contribution in [3.05, 3.63) is 48.2 Å². The van der Waals surface area contributed by atoms with Crippen molar-refractivity contribution in [2.75, 3.05) is 39.7 Å². The number of anilines is 2. The Kier molecular flexibility index (Phi) is 6.35. The van der Waals surface area contributed by atoms with Gasteiger partial charge in [-0.3, -0.25) is 4.79 Å². The second-order valence-electron chi connectivity index (χ2n) is 8.13. The third-order valence-corrected chi connectivity index (χ3v) is 5.83. The van der Waals surface area contributed by atoms with Crippen molar-refractivity contribution in [2.45, 2.75) is 19.8 Å². The van der Waals surface area contributed by atoms with Gasteiger partial charge < -0.3 is 24.4 Å². The molecule has 7 nitrogen and oxygen atoms in total. The minimum absolute atomic E-state index is 0.0538. The second-order valence-corrected chi connectivity index (χ2v) is 8.13. The number of fused-ring (bicyclic) bond motifs is 1. The fourth-order valence-electron chi connectivity index (χ4n) is 4.16. The van der Waals surface area contributed by atoms with Crippen molar-refractivity contribution in [3.8, 4) is 17.2 Å². The van der Waals surface area contributed by atoms with Crippen LogP contribution in [0.3, 0.4) is 0 Å². The van der Waals surface area contributed by atoms with Crippen LogP contribution in [0.15, 0.2) is 42.5 Å². The van der Waals surface area contributed by atoms with Crippen molar-refractivity contribution in [2.24, 2.45) is 5.92 Å². The monoisotopic (exact) mass is 435 g/mol. The maximum Gasteiger partial charge on any atom is 0.272 e. The zero-order valence-electron chi connectivity index (χ0n) is 19.0. The van der Waals surface area contributed by atoms with Crippen molar-refractivity contribution >= 4 is 28.2 Å². The molecule has 0 aliphatic carbocycles. The lowest BCUT2D eigenvalue weighted by molar-refractivity contribution is 0.0677. The van der Waals surface area contributed by atoms with Crippen LogP contribution in [0.5, 0.6) is 17.2 Å². The maximum absolute atomic E-state index is 13.3. The first-order valence-corrected chi connectivity index (χ1v) is 10.8. The number of rotatable bonds is 6. The summed E-state index contributed by atoms with van der Waals surface area (Å²) in [6.07, 6.45) is 2.16. The van der Waals surface area contributed by atoms with E-state index in [4.69, 9.17) is 19.2 Å². The van der Waals surface area contributed by atoms with Crippen molar-refractivity contribution in [1.82, 2.24) is 9.88 Å². The number of carbonyl (C=O) groups is 1. The standard InChI is InChI=1S/C25H29N3O4/c1-16-7-6-10-28(15-16)25(29)22-13-20(26-17-8-5-9-18(11-17)30-2)19-12-23(31-3)24(32-4)14-21(19)27-22/h5,8-9,11-14,16H,6-7,10,15H2,1-4H3,(H,26,27)/t16-/m1/s1. The summed E-state index contributed by atoms with van der Waals surface area (Å²) in [5.74, 6) is 2.34. The fourth-order valence-corrected chi connectivity index (χ4v) is 4.16. The van der Waals surface area contributed by atoms with Crippen molar-refractivity contribution in [1.29, 1.82) is 0 Å². The van der Waals surface area contributed by atoms with Gasteiger partial charge in [0.1, 0.15) is 11.4 Å². The van der Waals surface area contributed by atoms with E-state index in [0.717, 1.165) is 48.4 Å². The number of aromatic nitrogens is 1. The largest absolute Gasteiger partial charge is 0.497 e. The molecule has 0 radical (unpaired) electrons. The van der Waals surface area contributed by atoms with E-state index in [1.807, 2.05) is 41.3 Å². The molecule has 32 heavy (non-hydrogen) atoms. The van der Waals surface area contributed by atoms with Crippen LogP contribution in [0, 0.1) is 5.92 Å². The molecule has 7 heteroatoms.